The molecule has 1 aromatic rings. The molecule has 5 heteroatoms. The monoisotopic (exact) mass is 277 g/mol. The van der Waals surface area contributed by atoms with Crippen molar-refractivity contribution in [2.24, 2.45) is 10.2 Å². The minimum atomic E-state index is 0.0130. The normalized spacial score (nSPS) is 17.4. The van der Waals surface area contributed by atoms with E-state index in [1.165, 1.54) is 0 Å². The van der Waals surface area contributed by atoms with Gasteiger partial charge in [0.25, 0.3) is 0 Å². The average Bonchev–Trinajstić information content (AvgIpc) is 2.43. The first kappa shape index (κ1) is 13.7. The number of carbonyl (C=O) groups excluding carboxylic acids is 1. The molecular weight excluding hydrogens is 262 g/mol. The number of carbonyl (C=O) groups is 1. The summed E-state index contributed by atoms with van der Waals surface area (Å²) in [5.74, 6) is 0.0130. The van der Waals surface area contributed by atoms with Crippen LogP contribution in [-0.4, -0.2) is 25.0 Å². The van der Waals surface area contributed by atoms with Crippen LogP contribution in [0.2, 0.25) is 5.02 Å². The van der Waals surface area contributed by atoms with E-state index >= 15 is 0 Å². The van der Waals surface area contributed by atoms with Crippen molar-refractivity contribution < 1.29 is 4.79 Å². The van der Waals surface area contributed by atoms with Crippen LogP contribution in [0.4, 0.5) is 0 Å². The molecule has 1 aliphatic rings. The lowest BCUT2D eigenvalue weighted by atomic mass is 10.1. The molecular formula is C14H16ClN3O. The Morgan fingerprint density at radius 1 is 1.37 bits per heavy atom. The molecule has 0 bridgehead atoms. The molecule has 4 nitrogen and oxygen atoms in total. The zero-order valence-electron chi connectivity index (χ0n) is 10.6. The molecule has 1 amide bonds. The van der Waals surface area contributed by atoms with E-state index in [0.717, 1.165) is 12.0 Å². The van der Waals surface area contributed by atoms with Gasteiger partial charge in [0.05, 0.1) is 19.0 Å². The maximum absolute atomic E-state index is 11.7. The number of amides is 1. The largest absolute Gasteiger partial charge is 0.356 e. The summed E-state index contributed by atoms with van der Waals surface area (Å²) in [5.41, 5.74) is 0.958. The van der Waals surface area contributed by atoms with Gasteiger partial charge < -0.3 is 5.32 Å². The fourth-order valence-electron chi connectivity index (χ4n) is 1.82. The van der Waals surface area contributed by atoms with Crippen molar-refractivity contribution in [1.82, 2.24) is 5.32 Å². The lowest BCUT2D eigenvalue weighted by Crippen LogP contribution is -2.28. The molecule has 1 aliphatic heterocycles. The van der Waals surface area contributed by atoms with Gasteiger partial charge in [-0.25, -0.2) is 0 Å². The van der Waals surface area contributed by atoms with Gasteiger partial charge in [0.2, 0.25) is 5.91 Å². The Labute approximate surface area is 117 Å². The number of halogens is 1. The van der Waals surface area contributed by atoms with E-state index in [1.807, 2.05) is 24.3 Å². The fraction of sp³-hybridized carbons (Fsp3) is 0.357. The molecule has 0 aliphatic carbocycles. The van der Waals surface area contributed by atoms with Crippen LogP contribution in [0.3, 0.4) is 0 Å². The molecule has 0 fully saturated rings. The third-order valence-electron chi connectivity index (χ3n) is 2.82. The second kappa shape index (κ2) is 7.04. The van der Waals surface area contributed by atoms with Gasteiger partial charge in [0.1, 0.15) is 0 Å². The van der Waals surface area contributed by atoms with Crippen LogP contribution in [0.1, 0.15) is 12.0 Å². The molecule has 19 heavy (non-hydrogen) atoms. The number of azo groups is 1. The zero-order chi connectivity index (χ0) is 13.5. The number of hydrogen-bond donors (Lipinski definition) is 1. The van der Waals surface area contributed by atoms with E-state index in [1.54, 1.807) is 12.1 Å². The predicted octanol–water partition coefficient (Wildman–Crippen LogP) is 2.78. The van der Waals surface area contributed by atoms with E-state index in [4.69, 9.17) is 11.6 Å². The molecule has 1 aromatic carbocycles. The van der Waals surface area contributed by atoms with Crippen molar-refractivity contribution in [2.45, 2.75) is 18.9 Å². The van der Waals surface area contributed by atoms with Gasteiger partial charge >= 0.3 is 0 Å². The molecule has 2 rings (SSSR count). The van der Waals surface area contributed by atoms with Crippen molar-refractivity contribution in [3.63, 3.8) is 0 Å². The van der Waals surface area contributed by atoms with Crippen LogP contribution in [0.25, 0.3) is 0 Å². The van der Waals surface area contributed by atoms with E-state index in [-0.39, 0.29) is 11.9 Å². The maximum Gasteiger partial charge on any atom is 0.224 e. The Morgan fingerprint density at radius 3 is 2.84 bits per heavy atom. The Morgan fingerprint density at radius 2 is 2.16 bits per heavy atom. The Kier molecular flexibility index (Phi) is 5.10. The first-order valence-corrected chi connectivity index (χ1v) is 6.66. The second-order valence-electron chi connectivity index (χ2n) is 4.38. The highest BCUT2D eigenvalue weighted by atomic mass is 35.5. The van der Waals surface area contributed by atoms with Crippen LogP contribution >= 0.6 is 11.6 Å². The van der Waals surface area contributed by atoms with Crippen LogP contribution in [0.15, 0.2) is 46.6 Å². The summed E-state index contributed by atoms with van der Waals surface area (Å²) < 4.78 is 0. The molecule has 0 aromatic heterocycles. The summed E-state index contributed by atoms with van der Waals surface area (Å²) in [6.07, 6.45) is 5.18. The highest BCUT2D eigenvalue weighted by Crippen LogP contribution is 2.10. The van der Waals surface area contributed by atoms with Crippen molar-refractivity contribution >= 4 is 17.5 Å². The topological polar surface area (TPSA) is 53.8 Å². The van der Waals surface area contributed by atoms with Gasteiger partial charge in [-0.1, -0.05) is 35.9 Å². The SMILES string of the molecule is O=C(Cc1ccc(Cl)cc1)NCC[C@@H]1C=CCN=N1. The van der Waals surface area contributed by atoms with Gasteiger partial charge in [-0.15, -0.1) is 0 Å². The van der Waals surface area contributed by atoms with Crippen LogP contribution < -0.4 is 5.32 Å². The number of nitrogens with one attached hydrogen (secondary N) is 1. The Hall–Kier alpha value is -1.68. The van der Waals surface area contributed by atoms with Crippen molar-refractivity contribution in [3.8, 4) is 0 Å². The van der Waals surface area contributed by atoms with Gasteiger partial charge in [-0.3, -0.25) is 4.79 Å². The molecule has 0 saturated carbocycles. The molecule has 0 radical (unpaired) electrons. The Balaban J connectivity index is 1.69. The van der Waals surface area contributed by atoms with Gasteiger partial charge in [0.15, 0.2) is 0 Å². The minimum Gasteiger partial charge on any atom is -0.356 e. The standard InChI is InChI=1S/C14H16ClN3O/c15-12-5-3-11(4-6-12)10-14(19)16-9-7-13-2-1-8-17-18-13/h1-6,13H,7-10H2,(H,16,19)/t13-/m0/s1. The Bertz CT molecular complexity index is 470. The molecule has 1 N–H and O–H groups in total. The van der Waals surface area contributed by atoms with Gasteiger partial charge in [-0.05, 0) is 24.1 Å². The predicted molar refractivity (Wildman–Crippen MR) is 75.4 cm³/mol. The summed E-state index contributed by atoms with van der Waals surface area (Å²) in [4.78, 5) is 11.7. The molecule has 100 valence electrons. The van der Waals surface area contributed by atoms with Crippen LogP contribution in [0, 0.1) is 0 Å². The third kappa shape index (κ3) is 4.83. The van der Waals surface area contributed by atoms with Crippen molar-refractivity contribution in [2.75, 3.05) is 13.1 Å². The third-order valence-corrected chi connectivity index (χ3v) is 3.07. The van der Waals surface area contributed by atoms with Crippen LogP contribution in [0.5, 0.6) is 0 Å². The highest BCUT2D eigenvalue weighted by molar-refractivity contribution is 6.30. The number of benzene rings is 1. The summed E-state index contributed by atoms with van der Waals surface area (Å²) in [5, 5.41) is 11.6. The average molecular weight is 278 g/mol. The maximum atomic E-state index is 11.7. The van der Waals surface area contributed by atoms with Crippen molar-refractivity contribution in [3.05, 3.63) is 47.0 Å². The lowest BCUT2D eigenvalue weighted by Gasteiger charge is -2.10. The van der Waals surface area contributed by atoms with Crippen LogP contribution in [-0.2, 0) is 11.2 Å². The second-order valence-corrected chi connectivity index (χ2v) is 4.81. The quantitative estimate of drug-likeness (QED) is 0.827. The van der Waals surface area contributed by atoms with Crippen molar-refractivity contribution in [1.29, 1.82) is 0 Å². The summed E-state index contributed by atoms with van der Waals surface area (Å²) in [6, 6.07) is 7.40. The molecule has 0 saturated heterocycles. The summed E-state index contributed by atoms with van der Waals surface area (Å²) >= 11 is 5.79. The van der Waals surface area contributed by atoms with Gasteiger partial charge in [-0.2, -0.15) is 10.2 Å². The summed E-state index contributed by atoms with van der Waals surface area (Å²) in [6.45, 7) is 1.28. The molecule has 1 atom stereocenters. The first-order chi connectivity index (χ1) is 9.24. The molecule has 0 unspecified atom stereocenters. The number of rotatable bonds is 5. The van der Waals surface area contributed by atoms with E-state index in [2.05, 4.69) is 15.5 Å². The number of hydrogen-bond acceptors (Lipinski definition) is 3. The fourth-order valence-corrected chi connectivity index (χ4v) is 1.95. The molecule has 1 heterocycles. The zero-order valence-corrected chi connectivity index (χ0v) is 11.3. The summed E-state index contributed by atoms with van der Waals surface area (Å²) in [7, 11) is 0. The lowest BCUT2D eigenvalue weighted by molar-refractivity contribution is -0.120. The molecule has 0 spiro atoms. The minimum absolute atomic E-state index is 0.0130. The van der Waals surface area contributed by atoms with E-state index in [9.17, 15) is 4.79 Å². The van der Waals surface area contributed by atoms with E-state index in [0.29, 0.717) is 24.5 Å². The highest BCUT2D eigenvalue weighted by Gasteiger charge is 2.07. The van der Waals surface area contributed by atoms with E-state index < -0.39 is 0 Å². The first-order valence-electron chi connectivity index (χ1n) is 6.28. The van der Waals surface area contributed by atoms with Gasteiger partial charge in [0, 0.05) is 11.6 Å². The number of nitrogens with zero attached hydrogens (tertiary/aromatic N) is 2. The smallest absolute Gasteiger partial charge is 0.224 e.